The van der Waals surface area contributed by atoms with Crippen molar-refractivity contribution in [3.8, 4) is 0 Å². The first-order chi connectivity index (χ1) is 9.53. The molecule has 0 amide bonds. The number of nitrogens with zero attached hydrogens (tertiary/aromatic N) is 2. The Hall–Kier alpha value is -1.00. The fraction of sp³-hybridized carbons (Fsp3) is 0.688. The zero-order valence-electron chi connectivity index (χ0n) is 12.8. The zero-order chi connectivity index (χ0) is 14.6. The molecule has 1 aliphatic rings. The van der Waals surface area contributed by atoms with Crippen LogP contribution < -0.4 is 5.32 Å². The van der Waals surface area contributed by atoms with Crippen LogP contribution in [0.4, 0.5) is 4.39 Å². The Balaban J connectivity index is 1.97. The van der Waals surface area contributed by atoms with E-state index >= 15 is 0 Å². The summed E-state index contributed by atoms with van der Waals surface area (Å²) < 4.78 is 13.0. The average molecular weight is 279 g/mol. The number of aromatic nitrogens is 1. The summed E-state index contributed by atoms with van der Waals surface area (Å²) in [7, 11) is 0. The lowest BCUT2D eigenvalue weighted by Crippen LogP contribution is -2.40. The third kappa shape index (κ3) is 3.76. The van der Waals surface area contributed by atoms with Crippen LogP contribution in [0.5, 0.6) is 0 Å². The molecule has 0 bridgehead atoms. The van der Waals surface area contributed by atoms with Gasteiger partial charge in [0.2, 0.25) is 0 Å². The van der Waals surface area contributed by atoms with Crippen molar-refractivity contribution in [3.63, 3.8) is 0 Å². The van der Waals surface area contributed by atoms with Crippen LogP contribution in [0.15, 0.2) is 18.3 Å². The van der Waals surface area contributed by atoms with E-state index < -0.39 is 0 Å². The number of likely N-dealkylation sites (tertiary alicyclic amines) is 1. The summed E-state index contributed by atoms with van der Waals surface area (Å²) in [5.41, 5.74) is 1.25. The topological polar surface area (TPSA) is 28.2 Å². The Morgan fingerprint density at radius 2 is 2.25 bits per heavy atom. The summed E-state index contributed by atoms with van der Waals surface area (Å²) in [6.07, 6.45) is 4.87. The smallest absolute Gasteiger partial charge is 0.141 e. The molecule has 1 aromatic rings. The highest BCUT2D eigenvalue weighted by Gasteiger charge is 2.31. The van der Waals surface area contributed by atoms with Crippen molar-refractivity contribution in [3.05, 3.63) is 29.8 Å². The molecule has 1 aliphatic heterocycles. The van der Waals surface area contributed by atoms with Crippen molar-refractivity contribution in [2.75, 3.05) is 19.6 Å². The van der Waals surface area contributed by atoms with Crippen molar-refractivity contribution in [2.24, 2.45) is 0 Å². The SMILES string of the molecule is CCNC(CCN1CCCC1(C)C)c1ccc(F)cn1. The van der Waals surface area contributed by atoms with Crippen molar-refractivity contribution < 1.29 is 4.39 Å². The number of hydrogen-bond acceptors (Lipinski definition) is 3. The number of pyridine rings is 1. The van der Waals surface area contributed by atoms with E-state index in [1.165, 1.54) is 31.6 Å². The van der Waals surface area contributed by atoms with E-state index in [1.807, 2.05) is 0 Å². The standard InChI is InChI=1S/C16H26FN3/c1-4-18-15(14-7-6-13(17)12-19-14)8-11-20-10-5-9-16(20,2)3/h6-7,12,15,18H,4-5,8-11H2,1-3H3. The van der Waals surface area contributed by atoms with Crippen LogP contribution in [-0.2, 0) is 0 Å². The first-order valence-corrected chi connectivity index (χ1v) is 7.63. The molecule has 0 aliphatic carbocycles. The van der Waals surface area contributed by atoms with Gasteiger partial charge in [-0.1, -0.05) is 6.92 Å². The van der Waals surface area contributed by atoms with Crippen molar-refractivity contribution in [1.82, 2.24) is 15.2 Å². The number of halogens is 1. The normalized spacial score (nSPS) is 20.2. The third-order valence-electron chi connectivity index (χ3n) is 4.32. The Morgan fingerprint density at radius 1 is 1.45 bits per heavy atom. The van der Waals surface area contributed by atoms with E-state index in [-0.39, 0.29) is 11.9 Å². The summed E-state index contributed by atoms with van der Waals surface area (Å²) in [6.45, 7) is 9.87. The van der Waals surface area contributed by atoms with Crippen LogP contribution in [0, 0.1) is 5.82 Å². The number of nitrogens with one attached hydrogen (secondary N) is 1. The molecule has 3 nitrogen and oxygen atoms in total. The predicted octanol–water partition coefficient (Wildman–Crippen LogP) is 3.14. The van der Waals surface area contributed by atoms with Gasteiger partial charge in [0.15, 0.2) is 0 Å². The van der Waals surface area contributed by atoms with E-state index in [1.54, 1.807) is 6.07 Å². The Labute approximate surface area is 121 Å². The second-order valence-electron chi connectivity index (χ2n) is 6.20. The van der Waals surface area contributed by atoms with Gasteiger partial charge in [-0.25, -0.2) is 4.39 Å². The van der Waals surface area contributed by atoms with Gasteiger partial charge in [0.1, 0.15) is 5.82 Å². The summed E-state index contributed by atoms with van der Waals surface area (Å²) in [4.78, 5) is 6.78. The highest BCUT2D eigenvalue weighted by molar-refractivity contribution is 5.10. The average Bonchev–Trinajstić information content (AvgIpc) is 2.75. The molecule has 1 unspecified atom stereocenters. The maximum atomic E-state index is 13.0. The number of rotatable bonds is 6. The Morgan fingerprint density at radius 3 is 2.80 bits per heavy atom. The second kappa shape index (κ2) is 6.64. The van der Waals surface area contributed by atoms with E-state index in [2.05, 4.69) is 36.0 Å². The molecule has 0 spiro atoms. The van der Waals surface area contributed by atoms with Crippen LogP contribution in [0.1, 0.15) is 51.8 Å². The fourth-order valence-electron chi connectivity index (χ4n) is 3.06. The van der Waals surface area contributed by atoms with Crippen LogP contribution >= 0.6 is 0 Å². The minimum Gasteiger partial charge on any atom is -0.309 e. The first-order valence-electron chi connectivity index (χ1n) is 7.63. The van der Waals surface area contributed by atoms with Crippen molar-refractivity contribution in [1.29, 1.82) is 0 Å². The van der Waals surface area contributed by atoms with Gasteiger partial charge >= 0.3 is 0 Å². The van der Waals surface area contributed by atoms with E-state index in [0.717, 1.165) is 25.2 Å². The van der Waals surface area contributed by atoms with Gasteiger partial charge in [-0.3, -0.25) is 9.88 Å². The quantitative estimate of drug-likeness (QED) is 0.867. The summed E-state index contributed by atoms with van der Waals surface area (Å²) in [5.74, 6) is -0.273. The third-order valence-corrected chi connectivity index (χ3v) is 4.32. The molecular formula is C16H26FN3. The highest BCUT2D eigenvalue weighted by Crippen LogP contribution is 2.29. The van der Waals surface area contributed by atoms with Crippen molar-refractivity contribution in [2.45, 2.75) is 51.6 Å². The fourth-order valence-corrected chi connectivity index (χ4v) is 3.06. The summed E-state index contributed by atoms with van der Waals surface area (Å²) in [6, 6.07) is 3.49. The van der Waals surface area contributed by atoms with E-state index in [0.29, 0.717) is 5.54 Å². The maximum Gasteiger partial charge on any atom is 0.141 e. The van der Waals surface area contributed by atoms with E-state index in [4.69, 9.17) is 0 Å². The van der Waals surface area contributed by atoms with Gasteiger partial charge in [0.05, 0.1) is 17.9 Å². The molecule has 2 rings (SSSR count). The molecule has 1 fully saturated rings. The van der Waals surface area contributed by atoms with Crippen molar-refractivity contribution >= 4 is 0 Å². The molecule has 20 heavy (non-hydrogen) atoms. The van der Waals surface area contributed by atoms with Gasteiger partial charge in [0.25, 0.3) is 0 Å². The van der Waals surface area contributed by atoms with Gasteiger partial charge in [-0.05, 0) is 58.3 Å². The van der Waals surface area contributed by atoms with Gasteiger partial charge in [-0.2, -0.15) is 0 Å². The summed E-state index contributed by atoms with van der Waals surface area (Å²) in [5, 5.41) is 3.46. The van der Waals surface area contributed by atoms with Crippen LogP contribution in [0.2, 0.25) is 0 Å². The van der Waals surface area contributed by atoms with Gasteiger partial charge < -0.3 is 5.32 Å². The van der Waals surface area contributed by atoms with Crippen LogP contribution in [0.3, 0.4) is 0 Å². The molecule has 4 heteroatoms. The zero-order valence-corrected chi connectivity index (χ0v) is 12.8. The largest absolute Gasteiger partial charge is 0.309 e. The lowest BCUT2D eigenvalue weighted by molar-refractivity contribution is 0.166. The summed E-state index contributed by atoms with van der Waals surface area (Å²) >= 11 is 0. The molecule has 112 valence electrons. The molecular weight excluding hydrogens is 253 g/mol. The molecule has 2 heterocycles. The second-order valence-corrected chi connectivity index (χ2v) is 6.20. The lowest BCUT2D eigenvalue weighted by Gasteiger charge is -2.32. The maximum absolute atomic E-state index is 13.0. The van der Waals surface area contributed by atoms with Crippen LogP contribution in [-0.4, -0.2) is 35.1 Å². The molecule has 1 aromatic heterocycles. The number of hydrogen-bond donors (Lipinski definition) is 1. The van der Waals surface area contributed by atoms with Crippen LogP contribution in [0.25, 0.3) is 0 Å². The van der Waals surface area contributed by atoms with Gasteiger partial charge in [0, 0.05) is 12.1 Å². The Kier molecular flexibility index (Phi) is 5.11. The first kappa shape index (κ1) is 15.4. The molecule has 0 aromatic carbocycles. The monoisotopic (exact) mass is 279 g/mol. The molecule has 0 radical (unpaired) electrons. The molecule has 0 saturated carbocycles. The highest BCUT2D eigenvalue weighted by atomic mass is 19.1. The molecule has 1 N–H and O–H groups in total. The minimum atomic E-state index is -0.273. The lowest BCUT2D eigenvalue weighted by atomic mass is 10.0. The predicted molar refractivity (Wildman–Crippen MR) is 80.1 cm³/mol. The molecule has 1 saturated heterocycles. The minimum absolute atomic E-state index is 0.206. The molecule has 1 atom stereocenters. The van der Waals surface area contributed by atoms with Gasteiger partial charge in [-0.15, -0.1) is 0 Å². The van der Waals surface area contributed by atoms with E-state index in [9.17, 15) is 4.39 Å². The Bertz CT molecular complexity index is 416.